The summed E-state index contributed by atoms with van der Waals surface area (Å²) in [6.45, 7) is 6.75. The number of hydrogen-bond donors (Lipinski definition) is 1. The zero-order chi connectivity index (χ0) is 19.4. The molecule has 3 nitrogen and oxygen atoms in total. The van der Waals surface area contributed by atoms with Gasteiger partial charge in [0.2, 0.25) is 0 Å². The third kappa shape index (κ3) is 4.89. The van der Waals surface area contributed by atoms with Gasteiger partial charge in [0.1, 0.15) is 0 Å². The zero-order valence-corrected chi connectivity index (χ0v) is 17.8. The topological polar surface area (TPSA) is 46.5 Å². The van der Waals surface area contributed by atoms with E-state index in [0.717, 1.165) is 5.75 Å². The summed E-state index contributed by atoms with van der Waals surface area (Å²) in [4.78, 5) is 11.3. The predicted octanol–water partition coefficient (Wildman–Crippen LogP) is 2.02. The fourth-order valence-electron chi connectivity index (χ4n) is 3.03. The Labute approximate surface area is 170 Å². The Morgan fingerprint density at radius 2 is 1.59 bits per heavy atom. The van der Waals surface area contributed by atoms with Gasteiger partial charge in [-0.25, -0.2) is 0 Å². The first-order valence-electron chi connectivity index (χ1n) is 8.71. The molecule has 0 atom stereocenters. The second kappa shape index (κ2) is 8.57. The van der Waals surface area contributed by atoms with Crippen molar-refractivity contribution in [3.8, 4) is 5.75 Å². The number of carbonyl (C=O) groups is 1. The molecule has 27 heavy (non-hydrogen) atoms. The molecule has 0 amide bonds. The molecule has 4 heteroatoms. The molecular weight excluding hydrogens is 451 g/mol. The Hall–Kier alpha value is -2.34. The molecule has 3 aromatic rings. The van der Waals surface area contributed by atoms with E-state index < -0.39 is 5.97 Å². The van der Waals surface area contributed by atoms with Crippen LogP contribution in [-0.2, 0) is 6.61 Å². The van der Waals surface area contributed by atoms with Crippen LogP contribution in [0.2, 0.25) is 0 Å². The minimum absolute atomic E-state index is 0.242. The van der Waals surface area contributed by atoms with Crippen LogP contribution < -0.4 is 25.9 Å². The second-order valence-electron chi connectivity index (χ2n) is 6.51. The van der Waals surface area contributed by atoms with Gasteiger partial charge in [-0.2, -0.15) is 0 Å². The van der Waals surface area contributed by atoms with Crippen LogP contribution in [0.25, 0.3) is 0 Å². The first-order chi connectivity index (χ1) is 12.9. The van der Waals surface area contributed by atoms with E-state index in [-0.39, 0.29) is 33.4 Å². The number of ether oxygens (including phenoxy) is 1. The first kappa shape index (κ1) is 19.4. The van der Waals surface area contributed by atoms with Crippen LogP contribution in [0.3, 0.4) is 0 Å². The van der Waals surface area contributed by atoms with Crippen LogP contribution in [0.15, 0.2) is 60.7 Å². The van der Waals surface area contributed by atoms with Crippen molar-refractivity contribution in [3.05, 3.63) is 95.6 Å². The standard InChI is InChI=1S/C23H22IO3/c1-15-12-16(2)22(17(3)13-15)24-19-8-10-20(11-9-19)27-14-18-6-4-5-7-21(18)23(25)26/h4-13H,14H2,1-3H3,(H,25,26)/q-1. The summed E-state index contributed by atoms with van der Waals surface area (Å²) in [6, 6.07) is 19.6. The van der Waals surface area contributed by atoms with Crippen LogP contribution in [0, 0.1) is 27.9 Å². The maximum atomic E-state index is 11.3. The fraction of sp³-hybridized carbons (Fsp3) is 0.174. The monoisotopic (exact) mass is 473 g/mol. The van der Waals surface area contributed by atoms with Crippen molar-refractivity contribution in [1.82, 2.24) is 0 Å². The molecule has 0 unspecified atom stereocenters. The second-order valence-corrected chi connectivity index (χ2v) is 9.38. The SMILES string of the molecule is Cc1cc(C)c([I-]c2ccc(OCc3ccccc3C(=O)O)cc2)c(C)c1. The Balaban J connectivity index is 1.69. The number of aryl methyl sites for hydroxylation is 3. The molecular formula is C23H22IO3-. The number of carboxylic acid groups (broad SMARTS) is 1. The maximum absolute atomic E-state index is 11.3. The predicted molar refractivity (Wildman–Crippen MR) is 102 cm³/mol. The molecule has 1 N–H and O–H groups in total. The van der Waals surface area contributed by atoms with Crippen molar-refractivity contribution in [2.24, 2.45) is 0 Å². The van der Waals surface area contributed by atoms with Crippen LogP contribution in [0.1, 0.15) is 32.6 Å². The quantitative estimate of drug-likeness (QED) is 0.558. The molecule has 0 saturated heterocycles. The molecule has 140 valence electrons. The number of carboxylic acids is 1. The molecule has 0 fully saturated rings. The molecule has 0 aromatic heterocycles. The minimum atomic E-state index is -0.932. The van der Waals surface area contributed by atoms with Gasteiger partial charge in [0.05, 0.1) is 0 Å². The summed E-state index contributed by atoms with van der Waals surface area (Å²) in [5.74, 6) is -0.182. The third-order valence-corrected chi connectivity index (χ3v) is 7.82. The molecule has 0 spiro atoms. The van der Waals surface area contributed by atoms with E-state index in [1.807, 2.05) is 18.2 Å². The third-order valence-electron chi connectivity index (χ3n) is 4.24. The van der Waals surface area contributed by atoms with Gasteiger partial charge in [0.25, 0.3) is 0 Å². The van der Waals surface area contributed by atoms with Gasteiger partial charge >= 0.3 is 171 Å². The van der Waals surface area contributed by atoms with Crippen molar-refractivity contribution in [1.29, 1.82) is 0 Å². The van der Waals surface area contributed by atoms with E-state index in [1.54, 1.807) is 18.2 Å². The van der Waals surface area contributed by atoms with E-state index in [1.165, 1.54) is 23.8 Å². The van der Waals surface area contributed by atoms with E-state index in [4.69, 9.17) is 4.74 Å². The van der Waals surface area contributed by atoms with Gasteiger partial charge in [0, 0.05) is 0 Å². The van der Waals surface area contributed by atoms with Gasteiger partial charge in [-0.15, -0.1) is 0 Å². The summed E-state index contributed by atoms with van der Waals surface area (Å²) < 4.78 is 8.61. The number of halogens is 1. The molecule has 0 bridgehead atoms. The molecule has 0 aliphatic rings. The molecule has 0 radical (unpaired) electrons. The van der Waals surface area contributed by atoms with Crippen LogP contribution in [0.4, 0.5) is 0 Å². The molecule has 3 aromatic carbocycles. The van der Waals surface area contributed by atoms with Crippen molar-refractivity contribution in [3.63, 3.8) is 0 Å². The van der Waals surface area contributed by atoms with Gasteiger partial charge in [-0.3, -0.25) is 0 Å². The van der Waals surface area contributed by atoms with Gasteiger partial charge < -0.3 is 0 Å². The van der Waals surface area contributed by atoms with E-state index >= 15 is 0 Å². The van der Waals surface area contributed by atoms with E-state index in [0.29, 0.717) is 5.56 Å². The van der Waals surface area contributed by atoms with Crippen molar-refractivity contribution >= 4 is 5.97 Å². The number of aromatic carboxylic acids is 1. The average Bonchev–Trinajstić information content (AvgIpc) is 2.64. The Bertz CT molecular complexity index is 939. The van der Waals surface area contributed by atoms with Gasteiger partial charge in [-0.05, 0) is 0 Å². The fourth-order valence-corrected chi connectivity index (χ4v) is 5.53. The summed E-state index contributed by atoms with van der Waals surface area (Å²) in [6.07, 6.45) is 0. The van der Waals surface area contributed by atoms with Crippen LogP contribution in [-0.4, -0.2) is 11.1 Å². The number of rotatable bonds is 6. The van der Waals surface area contributed by atoms with Crippen LogP contribution in [0.5, 0.6) is 5.75 Å². The summed E-state index contributed by atoms with van der Waals surface area (Å²) in [5, 5.41) is 9.25. The molecule has 0 aliphatic carbocycles. The molecule has 0 heterocycles. The van der Waals surface area contributed by atoms with E-state index in [9.17, 15) is 9.90 Å². The summed E-state index contributed by atoms with van der Waals surface area (Å²) in [5.41, 5.74) is 5.00. The Morgan fingerprint density at radius 1 is 0.963 bits per heavy atom. The average molecular weight is 473 g/mol. The zero-order valence-electron chi connectivity index (χ0n) is 15.6. The normalized spacial score (nSPS) is 10.8. The number of benzene rings is 3. The summed E-state index contributed by atoms with van der Waals surface area (Å²) in [7, 11) is 0. The summed E-state index contributed by atoms with van der Waals surface area (Å²) >= 11 is -0.242. The Morgan fingerprint density at radius 3 is 2.22 bits per heavy atom. The van der Waals surface area contributed by atoms with Crippen molar-refractivity contribution in [2.45, 2.75) is 27.4 Å². The van der Waals surface area contributed by atoms with Crippen LogP contribution >= 0.6 is 0 Å². The van der Waals surface area contributed by atoms with Crippen molar-refractivity contribution in [2.75, 3.05) is 0 Å². The number of hydrogen-bond acceptors (Lipinski definition) is 2. The molecule has 0 saturated carbocycles. The molecule has 3 rings (SSSR count). The van der Waals surface area contributed by atoms with Gasteiger partial charge in [0.15, 0.2) is 0 Å². The Kier molecular flexibility index (Phi) is 6.16. The van der Waals surface area contributed by atoms with E-state index in [2.05, 4.69) is 45.0 Å². The first-order valence-corrected chi connectivity index (χ1v) is 10.9. The van der Waals surface area contributed by atoms with Gasteiger partial charge in [-0.1, -0.05) is 0 Å². The van der Waals surface area contributed by atoms with Crippen molar-refractivity contribution < 1.29 is 35.8 Å². The molecule has 0 aliphatic heterocycles.